The lowest BCUT2D eigenvalue weighted by atomic mass is 9.95. The minimum absolute atomic E-state index is 0.479. The Morgan fingerprint density at radius 3 is 2.62 bits per heavy atom. The number of aromatic nitrogens is 1. The van der Waals surface area contributed by atoms with Crippen molar-refractivity contribution >= 4 is 23.0 Å². The second kappa shape index (κ2) is 5.91. The standard InChI is InChI=1S/C17H25N3S/c1-11-10-12(2)19-17(15(11)16(18)21)20-9-5-8-14(20)13-6-3-4-7-13/h10,13-14H,3-9H2,1-2H3,(H2,18,21). The summed E-state index contributed by atoms with van der Waals surface area (Å²) in [4.78, 5) is 7.80. The molecular formula is C17H25N3S. The van der Waals surface area contributed by atoms with E-state index in [1.807, 2.05) is 0 Å². The van der Waals surface area contributed by atoms with E-state index in [2.05, 4.69) is 24.8 Å². The average Bonchev–Trinajstić information content (AvgIpc) is 3.08. The number of anilines is 1. The maximum Gasteiger partial charge on any atom is 0.139 e. The molecule has 4 heteroatoms. The normalized spacial score (nSPS) is 23.0. The first kappa shape index (κ1) is 14.8. The fourth-order valence-electron chi connectivity index (χ4n) is 4.22. The van der Waals surface area contributed by atoms with E-state index in [1.54, 1.807) is 0 Å². The Labute approximate surface area is 132 Å². The second-order valence-electron chi connectivity index (χ2n) is 6.59. The summed E-state index contributed by atoms with van der Waals surface area (Å²) >= 11 is 5.30. The molecular weight excluding hydrogens is 278 g/mol. The van der Waals surface area contributed by atoms with Gasteiger partial charge < -0.3 is 10.6 Å². The minimum atomic E-state index is 0.479. The van der Waals surface area contributed by atoms with Crippen LogP contribution in [0.4, 0.5) is 5.82 Å². The van der Waals surface area contributed by atoms with Gasteiger partial charge in [-0.15, -0.1) is 0 Å². The Morgan fingerprint density at radius 2 is 1.95 bits per heavy atom. The first-order chi connectivity index (χ1) is 10.1. The van der Waals surface area contributed by atoms with Gasteiger partial charge in [0.2, 0.25) is 0 Å². The van der Waals surface area contributed by atoms with Gasteiger partial charge in [-0.2, -0.15) is 0 Å². The predicted molar refractivity (Wildman–Crippen MR) is 91.9 cm³/mol. The van der Waals surface area contributed by atoms with E-state index in [1.165, 1.54) is 38.5 Å². The van der Waals surface area contributed by atoms with Crippen LogP contribution in [0.15, 0.2) is 6.07 Å². The first-order valence-corrected chi connectivity index (χ1v) is 8.53. The molecule has 1 atom stereocenters. The summed E-state index contributed by atoms with van der Waals surface area (Å²) in [7, 11) is 0. The third-order valence-corrected chi connectivity index (χ3v) is 5.29. The third kappa shape index (κ3) is 2.78. The molecule has 0 bridgehead atoms. The molecule has 3 nitrogen and oxygen atoms in total. The smallest absolute Gasteiger partial charge is 0.139 e. The topological polar surface area (TPSA) is 42.1 Å². The highest BCUT2D eigenvalue weighted by Gasteiger charge is 2.35. The average molecular weight is 303 g/mol. The van der Waals surface area contributed by atoms with Gasteiger partial charge in [0.05, 0.1) is 5.56 Å². The molecule has 2 N–H and O–H groups in total. The van der Waals surface area contributed by atoms with Gasteiger partial charge in [0.15, 0.2) is 0 Å². The number of thiocarbonyl (C=S) groups is 1. The molecule has 1 aliphatic heterocycles. The molecule has 21 heavy (non-hydrogen) atoms. The molecule has 1 saturated heterocycles. The fraction of sp³-hybridized carbons (Fsp3) is 0.647. The van der Waals surface area contributed by atoms with Gasteiger partial charge in [0.25, 0.3) is 0 Å². The molecule has 1 saturated carbocycles. The summed E-state index contributed by atoms with van der Waals surface area (Å²) in [6.45, 7) is 5.24. The van der Waals surface area contributed by atoms with Crippen LogP contribution in [-0.4, -0.2) is 22.6 Å². The molecule has 1 aromatic rings. The summed E-state index contributed by atoms with van der Waals surface area (Å²) < 4.78 is 0. The van der Waals surface area contributed by atoms with Gasteiger partial charge in [-0.05, 0) is 57.1 Å². The predicted octanol–water partition coefficient (Wildman–Crippen LogP) is 3.49. The Bertz CT molecular complexity index is 549. The first-order valence-electron chi connectivity index (χ1n) is 8.12. The Hall–Kier alpha value is -1.16. The highest BCUT2D eigenvalue weighted by Crippen LogP contribution is 2.38. The van der Waals surface area contributed by atoms with E-state index in [4.69, 9.17) is 22.9 Å². The van der Waals surface area contributed by atoms with Crippen molar-refractivity contribution in [1.29, 1.82) is 0 Å². The number of rotatable bonds is 3. The zero-order valence-corrected chi connectivity index (χ0v) is 13.9. The van der Waals surface area contributed by atoms with Gasteiger partial charge in [0, 0.05) is 18.3 Å². The number of nitrogens with two attached hydrogens (primary N) is 1. The lowest BCUT2D eigenvalue weighted by Gasteiger charge is -2.32. The molecule has 0 spiro atoms. The summed E-state index contributed by atoms with van der Waals surface area (Å²) in [5.74, 6) is 1.86. The number of hydrogen-bond acceptors (Lipinski definition) is 3. The highest BCUT2D eigenvalue weighted by molar-refractivity contribution is 7.80. The van der Waals surface area contributed by atoms with E-state index >= 15 is 0 Å². The van der Waals surface area contributed by atoms with Crippen LogP contribution in [0, 0.1) is 19.8 Å². The van der Waals surface area contributed by atoms with E-state index in [9.17, 15) is 0 Å². The fourth-order valence-corrected chi connectivity index (χ4v) is 4.47. The van der Waals surface area contributed by atoms with Gasteiger partial charge in [-0.3, -0.25) is 0 Å². The van der Waals surface area contributed by atoms with E-state index in [0.29, 0.717) is 11.0 Å². The Morgan fingerprint density at radius 1 is 1.24 bits per heavy atom. The largest absolute Gasteiger partial charge is 0.389 e. The Kier molecular flexibility index (Phi) is 4.16. The zero-order chi connectivity index (χ0) is 15.0. The van der Waals surface area contributed by atoms with Crippen molar-refractivity contribution < 1.29 is 0 Å². The molecule has 0 aromatic carbocycles. The van der Waals surface area contributed by atoms with Crippen LogP contribution in [-0.2, 0) is 0 Å². The van der Waals surface area contributed by atoms with Crippen LogP contribution in [0.1, 0.15) is 55.3 Å². The lowest BCUT2D eigenvalue weighted by Crippen LogP contribution is -2.37. The van der Waals surface area contributed by atoms with Crippen LogP contribution in [0.5, 0.6) is 0 Å². The summed E-state index contributed by atoms with van der Waals surface area (Å²) in [5.41, 5.74) is 9.19. The Balaban J connectivity index is 2.00. The lowest BCUT2D eigenvalue weighted by molar-refractivity contribution is 0.429. The van der Waals surface area contributed by atoms with Crippen LogP contribution in [0.2, 0.25) is 0 Å². The molecule has 1 aliphatic carbocycles. The SMILES string of the molecule is Cc1cc(C)c(C(N)=S)c(N2CCCC2C2CCCC2)n1. The van der Waals surface area contributed by atoms with E-state index in [0.717, 1.165) is 35.1 Å². The van der Waals surface area contributed by atoms with Crippen molar-refractivity contribution in [2.45, 2.75) is 58.4 Å². The number of nitrogens with zero attached hydrogens (tertiary/aromatic N) is 2. The van der Waals surface area contributed by atoms with Crippen molar-refractivity contribution in [3.05, 3.63) is 22.9 Å². The molecule has 2 fully saturated rings. The maximum atomic E-state index is 6.00. The minimum Gasteiger partial charge on any atom is -0.389 e. The quantitative estimate of drug-likeness (QED) is 0.868. The van der Waals surface area contributed by atoms with Crippen molar-refractivity contribution in [1.82, 2.24) is 4.98 Å². The summed E-state index contributed by atoms with van der Waals surface area (Å²) in [6, 6.07) is 2.72. The van der Waals surface area contributed by atoms with Crippen molar-refractivity contribution in [3.63, 3.8) is 0 Å². The molecule has 0 radical (unpaired) electrons. The van der Waals surface area contributed by atoms with Crippen LogP contribution in [0.3, 0.4) is 0 Å². The number of aryl methyl sites for hydroxylation is 2. The van der Waals surface area contributed by atoms with Gasteiger partial charge >= 0.3 is 0 Å². The van der Waals surface area contributed by atoms with E-state index < -0.39 is 0 Å². The molecule has 0 amide bonds. The van der Waals surface area contributed by atoms with Crippen LogP contribution < -0.4 is 10.6 Å². The molecule has 3 rings (SSSR count). The van der Waals surface area contributed by atoms with Crippen LogP contribution in [0.25, 0.3) is 0 Å². The maximum absolute atomic E-state index is 6.00. The number of pyridine rings is 1. The third-order valence-electron chi connectivity index (χ3n) is 5.09. The monoisotopic (exact) mass is 303 g/mol. The summed E-state index contributed by atoms with van der Waals surface area (Å²) in [5, 5.41) is 0. The molecule has 1 unspecified atom stereocenters. The van der Waals surface area contributed by atoms with Crippen LogP contribution >= 0.6 is 12.2 Å². The van der Waals surface area contributed by atoms with Crippen molar-refractivity contribution in [2.75, 3.05) is 11.4 Å². The van der Waals surface area contributed by atoms with Gasteiger partial charge in [-0.1, -0.05) is 25.1 Å². The molecule has 114 valence electrons. The molecule has 2 aliphatic rings. The zero-order valence-electron chi connectivity index (χ0n) is 13.1. The highest BCUT2D eigenvalue weighted by atomic mass is 32.1. The van der Waals surface area contributed by atoms with Gasteiger partial charge in [-0.25, -0.2) is 4.98 Å². The van der Waals surface area contributed by atoms with Crippen molar-refractivity contribution in [2.24, 2.45) is 11.7 Å². The second-order valence-corrected chi connectivity index (χ2v) is 7.03. The summed E-state index contributed by atoms with van der Waals surface area (Å²) in [6.07, 6.45) is 8.06. The molecule has 1 aromatic heterocycles. The van der Waals surface area contributed by atoms with E-state index in [-0.39, 0.29) is 0 Å². The molecule has 2 heterocycles. The number of hydrogen-bond donors (Lipinski definition) is 1. The van der Waals surface area contributed by atoms with Gasteiger partial charge in [0.1, 0.15) is 10.8 Å². The van der Waals surface area contributed by atoms with Crippen molar-refractivity contribution in [3.8, 4) is 0 Å².